The van der Waals surface area contributed by atoms with E-state index >= 15 is 0 Å². The molecule has 0 saturated heterocycles. The van der Waals surface area contributed by atoms with Gasteiger partial charge in [-0.05, 0) is 35.9 Å². The number of methoxy groups -OCH3 is 1. The van der Waals surface area contributed by atoms with Gasteiger partial charge < -0.3 is 15.0 Å². The van der Waals surface area contributed by atoms with Crippen molar-refractivity contribution in [1.82, 2.24) is 0 Å². The first-order valence-corrected chi connectivity index (χ1v) is 6.35. The maximum absolute atomic E-state index is 5.25. The third-order valence-corrected chi connectivity index (χ3v) is 3.13. The maximum atomic E-state index is 5.25. The first-order valence-electron chi connectivity index (χ1n) is 6.35. The van der Waals surface area contributed by atoms with Gasteiger partial charge >= 0.3 is 0 Å². The summed E-state index contributed by atoms with van der Waals surface area (Å²) < 4.78 is 5.25. The van der Waals surface area contributed by atoms with Gasteiger partial charge in [-0.25, -0.2) is 0 Å². The van der Waals surface area contributed by atoms with Crippen LogP contribution in [0.25, 0.3) is 0 Å². The van der Waals surface area contributed by atoms with Crippen LogP contribution in [0.1, 0.15) is 5.56 Å². The van der Waals surface area contributed by atoms with Crippen molar-refractivity contribution in [2.45, 2.75) is 6.54 Å². The minimum Gasteiger partial charge on any atom is -0.497 e. The van der Waals surface area contributed by atoms with E-state index in [1.54, 1.807) is 7.11 Å². The highest BCUT2D eigenvalue weighted by molar-refractivity contribution is 5.57. The molecular weight excluding hydrogens is 236 g/mol. The first-order chi connectivity index (χ1) is 9.22. The minimum atomic E-state index is 0.852. The lowest BCUT2D eigenvalue weighted by molar-refractivity contribution is 0.414. The summed E-state index contributed by atoms with van der Waals surface area (Å²) in [7, 11) is 5.72. The van der Waals surface area contributed by atoms with E-state index in [4.69, 9.17) is 4.74 Å². The van der Waals surface area contributed by atoms with E-state index in [0.29, 0.717) is 0 Å². The third-order valence-electron chi connectivity index (χ3n) is 3.13. The van der Waals surface area contributed by atoms with E-state index in [0.717, 1.165) is 18.0 Å². The van der Waals surface area contributed by atoms with Crippen LogP contribution in [0.15, 0.2) is 48.5 Å². The van der Waals surface area contributed by atoms with Crippen molar-refractivity contribution < 1.29 is 4.74 Å². The summed E-state index contributed by atoms with van der Waals surface area (Å²) in [5.74, 6) is 0.898. The van der Waals surface area contributed by atoms with Crippen molar-refractivity contribution in [2.75, 3.05) is 31.4 Å². The topological polar surface area (TPSA) is 24.5 Å². The molecule has 0 bridgehead atoms. The smallest absolute Gasteiger partial charge is 0.119 e. The molecule has 2 aromatic rings. The molecule has 2 aromatic carbocycles. The summed E-state index contributed by atoms with van der Waals surface area (Å²) in [6, 6.07) is 16.5. The Labute approximate surface area is 114 Å². The van der Waals surface area contributed by atoms with Gasteiger partial charge in [0.25, 0.3) is 0 Å². The lowest BCUT2D eigenvalue weighted by atomic mass is 10.2. The predicted octanol–water partition coefficient (Wildman–Crippen LogP) is 3.37. The largest absolute Gasteiger partial charge is 0.497 e. The summed E-state index contributed by atoms with van der Waals surface area (Å²) in [5, 5.41) is 3.16. The number of nitrogens with one attached hydrogen (secondary N) is 1. The Kier molecular flexibility index (Phi) is 4.29. The highest BCUT2D eigenvalue weighted by Crippen LogP contribution is 2.21. The van der Waals surface area contributed by atoms with Crippen molar-refractivity contribution >= 4 is 11.4 Å². The van der Waals surface area contributed by atoms with Crippen LogP contribution >= 0.6 is 0 Å². The van der Waals surface area contributed by atoms with E-state index in [1.165, 1.54) is 11.3 Å². The quantitative estimate of drug-likeness (QED) is 0.887. The van der Waals surface area contributed by atoms with E-state index < -0.39 is 0 Å². The molecule has 0 spiro atoms. The van der Waals surface area contributed by atoms with Crippen molar-refractivity contribution in [3.63, 3.8) is 0 Å². The van der Waals surface area contributed by atoms with Gasteiger partial charge in [0.2, 0.25) is 0 Å². The van der Waals surface area contributed by atoms with Gasteiger partial charge in [-0.1, -0.05) is 18.2 Å². The number of benzene rings is 2. The molecule has 3 heteroatoms. The zero-order chi connectivity index (χ0) is 13.7. The van der Waals surface area contributed by atoms with Crippen LogP contribution in [-0.2, 0) is 6.54 Å². The minimum absolute atomic E-state index is 0.852. The lowest BCUT2D eigenvalue weighted by Crippen LogP contribution is -2.16. The zero-order valence-electron chi connectivity index (χ0n) is 11.7. The maximum Gasteiger partial charge on any atom is 0.119 e. The molecule has 0 saturated carbocycles. The van der Waals surface area contributed by atoms with Crippen LogP contribution in [0, 0.1) is 0 Å². The molecular formula is C16H20N2O. The molecule has 0 aliphatic rings. The molecule has 0 fully saturated rings. The molecule has 2 rings (SSSR count). The Morgan fingerprint density at radius 1 is 1.11 bits per heavy atom. The van der Waals surface area contributed by atoms with E-state index in [1.807, 2.05) is 19.2 Å². The molecule has 0 heterocycles. The van der Waals surface area contributed by atoms with Gasteiger partial charge in [-0.3, -0.25) is 0 Å². The standard InChI is InChI=1S/C16H20N2O/c1-17-14-7-5-8-15(11-14)18(2)12-13-6-4-9-16(10-13)19-3/h4-11,17H,12H2,1-3H3. The highest BCUT2D eigenvalue weighted by atomic mass is 16.5. The molecule has 0 radical (unpaired) electrons. The van der Waals surface area contributed by atoms with E-state index in [2.05, 4.69) is 53.7 Å². The van der Waals surface area contributed by atoms with Crippen LogP contribution in [0.2, 0.25) is 0 Å². The fourth-order valence-electron chi connectivity index (χ4n) is 2.03. The van der Waals surface area contributed by atoms with Crippen molar-refractivity contribution in [3.8, 4) is 5.75 Å². The van der Waals surface area contributed by atoms with Crippen molar-refractivity contribution in [2.24, 2.45) is 0 Å². The van der Waals surface area contributed by atoms with Crippen molar-refractivity contribution in [3.05, 3.63) is 54.1 Å². The summed E-state index contributed by atoms with van der Waals surface area (Å²) in [6.07, 6.45) is 0. The zero-order valence-corrected chi connectivity index (χ0v) is 11.7. The fraction of sp³-hybridized carbons (Fsp3) is 0.250. The molecule has 0 unspecified atom stereocenters. The normalized spacial score (nSPS) is 10.1. The summed E-state index contributed by atoms with van der Waals surface area (Å²) >= 11 is 0. The Morgan fingerprint density at radius 2 is 1.89 bits per heavy atom. The third kappa shape index (κ3) is 3.41. The number of anilines is 2. The molecule has 0 aliphatic heterocycles. The van der Waals surface area contributed by atoms with Gasteiger partial charge in [0.05, 0.1) is 7.11 Å². The Morgan fingerprint density at radius 3 is 2.63 bits per heavy atom. The Balaban J connectivity index is 2.13. The summed E-state index contributed by atoms with van der Waals surface area (Å²) in [5.41, 5.74) is 3.54. The van der Waals surface area contributed by atoms with Crippen LogP contribution in [-0.4, -0.2) is 21.2 Å². The molecule has 1 N–H and O–H groups in total. The Hall–Kier alpha value is -2.16. The Bertz CT molecular complexity index is 540. The second kappa shape index (κ2) is 6.14. The molecule has 0 atom stereocenters. The average Bonchev–Trinajstić information content (AvgIpc) is 2.47. The number of nitrogens with zero attached hydrogens (tertiary/aromatic N) is 1. The summed E-state index contributed by atoms with van der Waals surface area (Å²) in [4.78, 5) is 2.22. The predicted molar refractivity (Wildman–Crippen MR) is 81.1 cm³/mol. The second-order valence-corrected chi connectivity index (χ2v) is 4.51. The van der Waals surface area contributed by atoms with Crippen LogP contribution < -0.4 is 15.0 Å². The van der Waals surface area contributed by atoms with Crippen LogP contribution in [0.4, 0.5) is 11.4 Å². The SMILES string of the molecule is CNc1cccc(N(C)Cc2cccc(OC)c2)c1. The van der Waals surface area contributed by atoms with E-state index in [9.17, 15) is 0 Å². The molecule has 0 aliphatic carbocycles. The van der Waals surface area contributed by atoms with Crippen LogP contribution in [0.5, 0.6) is 5.75 Å². The summed E-state index contributed by atoms with van der Waals surface area (Å²) in [6.45, 7) is 0.852. The fourth-order valence-corrected chi connectivity index (χ4v) is 2.03. The molecule has 100 valence electrons. The number of hydrogen-bond acceptors (Lipinski definition) is 3. The van der Waals surface area contributed by atoms with Gasteiger partial charge in [0, 0.05) is 32.0 Å². The van der Waals surface area contributed by atoms with Gasteiger partial charge in [0.15, 0.2) is 0 Å². The molecule has 3 nitrogen and oxygen atoms in total. The van der Waals surface area contributed by atoms with E-state index in [-0.39, 0.29) is 0 Å². The average molecular weight is 256 g/mol. The monoisotopic (exact) mass is 256 g/mol. The number of ether oxygens (including phenoxy) is 1. The van der Waals surface area contributed by atoms with Gasteiger partial charge in [0.1, 0.15) is 5.75 Å². The number of rotatable bonds is 5. The highest BCUT2D eigenvalue weighted by Gasteiger charge is 2.03. The molecule has 0 aromatic heterocycles. The van der Waals surface area contributed by atoms with Crippen molar-refractivity contribution in [1.29, 1.82) is 0 Å². The van der Waals surface area contributed by atoms with Crippen LogP contribution in [0.3, 0.4) is 0 Å². The lowest BCUT2D eigenvalue weighted by Gasteiger charge is -2.20. The van der Waals surface area contributed by atoms with Gasteiger partial charge in [-0.2, -0.15) is 0 Å². The number of hydrogen-bond donors (Lipinski definition) is 1. The second-order valence-electron chi connectivity index (χ2n) is 4.51. The molecule has 0 amide bonds. The molecule has 19 heavy (non-hydrogen) atoms. The first kappa shape index (κ1) is 13.3. The van der Waals surface area contributed by atoms with Gasteiger partial charge in [-0.15, -0.1) is 0 Å².